The molecule has 1 aliphatic carbocycles. The van der Waals surface area contributed by atoms with Crippen LogP contribution in [0.1, 0.15) is 76.5 Å². The van der Waals surface area contributed by atoms with Crippen LogP contribution >= 0.6 is 0 Å². The summed E-state index contributed by atoms with van der Waals surface area (Å²) in [6.07, 6.45) is 9.28. The SMILES string of the molecule is CCc1ccc(C(CC)NC2CCCCCC2C)cc1. The first kappa shape index (κ1) is 15.6. The lowest BCUT2D eigenvalue weighted by Crippen LogP contribution is -2.37. The first-order valence-corrected chi connectivity index (χ1v) is 8.59. The third kappa shape index (κ3) is 4.09. The smallest absolute Gasteiger partial charge is 0.0320 e. The second kappa shape index (κ2) is 7.83. The molecular weight excluding hydrogens is 242 g/mol. The molecule has 1 saturated carbocycles. The largest absolute Gasteiger partial charge is 0.307 e. The lowest BCUT2D eigenvalue weighted by molar-refractivity contribution is 0.318. The Morgan fingerprint density at radius 1 is 1.05 bits per heavy atom. The molecule has 1 aliphatic rings. The van der Waals surface area contributed by atoms with Gasteiger partial charge < -0.3 is 5.32 Å². The molecule has 1 nitrogen and oxygen atoms in total. The van der Waals surface area contributed by atoms with Crippen molar-refractivity contribution in [1.82, 2.24) is 5.32 Å². The van der Waals surface area contributed by atoms with E-state index in [0.717, 1.165) is 12.3 Å². The van der Waals surface area contributed by atoms with E-state index in [9.17, 15) is 0 Å². The minimum Gasteiger partial charge on any atom is -0.307 e. The zero-order valence-corrected chi connectivity index (χ0v) is 13.5. The van der Waals surface area contributed by atoms with E-state index >= 15 is 0 Å². The van der Waals surface area contributed by atoms with Gasteiger partial charge in [0.25, 0.3) is 0 Å². The lowest BCUT2D eigenvalue weighted by Gasteiger charge is -2.28. The number of hydrogen-bond acceptors (Lipinski definition) is 1. The van der Waals surface area contributed by atoms with Crippen molar-refractivity contribution in [3.63, 3.8) is 0 Å². The van der Waals surface area contributed by atoms with Gasteiger partial charge in [0.15, 0.2) is 0 Å². The fourth-order valence-electron chi connectivity index (χ4n) is 3.43. The molecule has 3 unspecified atom stereocenters. The molecule has 1 aromatic rings. The van der Waals surface area contributed by atoms with Crippen LogP contribution in [0.25, 0.3) is 0 Å². The summed E-state index contributed by atoms with van der Waals surface area (Å²) in [5, 5.41) is 3.95. The first-order valence-electron chi connectivity index (χ1n) is 8.59. The molecule has 0 radical (unpaired) electrons. The van der Waals surface area contributed by atoms with Crippen molar-refractivity contribution in [2.45, 2.75) is 77.8 Å². The number of benzene rings is 1. The predicted octanol–water partition coefficient (Wildman–Crippen LogP) is 5.26. The van der Waals surface area contributed by atoms with E-state index in [1.54, 1.807) is 0 Å². The number of hydrogen-bond donors (Lipinski definition) is 1. The van der Waals surface area contributed by atoms with E-state index in [-0.39, 0.29) is 0 Å². The fourth-order valence-corrected chi connectivity index (χ4v) is 3.43. The second-order valence-corrected chi connectivity index (χ2v) is 6.44. The average Bonchev–Trinajstić information content (AvgIpc) is 2.69. The Hall–Kier alpha value is -0.820. The molecule has 0 amide bonds. The lowest BCUT2D eigenvalue weighted by atomic mass is 9.94. The number of rotatable bonds is 5. The van der Waals surface area contributed by atoms with Gasteiger partial charge >= 0.3 is 0 Å². The summed E-state index contributed by atoms with van der Waals surface area (Å²) in [5.74, 6) is 0.821. The topological polar surface area (TPSA) is 12.0 Å². The zero-order valence-electron chi connectivity index (χ0n) is 13.5. The number of aryl methyl sites for hydroxylation is 1. The standard InChI is InChI=1S/C19H31N/c1-4-16-11-13-17(14-12-16)18(5-2)20-19-10-8-6-7-9-15(19)3/h11-15,18-20H,4-10H2,1-3H3. The summed E-state index contributed by atoms with van der Waals surface area (Å²) in [7, 11) is 0. The van der Waals surface area contributed by atoms with Gasteiger partial charge in [-0.15, -0.1) is 0 Å². The molecule has 20 heavy (non-hydrogen) atoms. The third-order valence-corrected chi connectivity index (χ3v) is 4.98. The van der Waals surface area contributed by atoms with Gasteiger partial charge in [-0.05, 0) is 42.7 Å². The quantitative estimate of drug-likeness (QED) is 0.722. The first-order chi connectivity index (χ1) is 9.74. The molecule has 0 aromatic heterocycles. The van der Waals surface area contributed by atoms with Gasteiger partial charge in [-0.1, -0.05) is 64.3 Å². The predicted molar refractivity (Wildman–Crippen MR) is 88.0 cm³/mol. The van der Waals surface area contributed by atoms with E-state index in [4.69, 9.17) is 0 Å². The van der Waals surface area contributed by atoms with Crippen LogP contribution in [-0.2, 0) is 6.42 Å². The van der Waals surface area contributed by atoms with Gasteiger partial charge in [-0.2, -0.15) is 0 Å². The Kier molecular flexibility index (Phi) is 6.09. The monoisotopic (exact) mass is 273 g/mol. The van der Waals surface area contributed by atoms with Crippen LogP contribution in [0.4, 0.5) is 0 Å². The number of nitrogens with one attached hydrogen (secondary N) is 1. The summed E-state index contributed by atoms with van der Waals surface area (Å²) in [4.78, 5) is 0. The second-order valence-electron chi connectivity index (χ2n) is 6.44. The molecule has 0 bridgehead atoms. The average molecular weight is 273 g/mol. The van der Waals surface area contributed by atoms with E-state index in [1.807, 2.05) is 0 Å². The Labute approximate surface area is 125 Å². The van der Waals surface area contributed by atoms with Crippen molar-refractivity contribution in [2.75, 3.05) is 0 Å². The summed E-state index contributed by atoms with van der Waals surface area (Å²) < 4.78 is 0. The van der Waals surface area contributed by atoms with Crippen molar-refractivity contribution < 1.29 is 0 Å². The van der Waals surface area contributed by atoms with Crippen LogP contribution < -0.4 is 5.32 Å². The van der Waals surface area contributed by atoms with Crippen molar-refractivity contribution in [2.24, 2.45) is 5.92 Å². The van der Waals surface area contributed by atoms with E-state index in [0.29, 0.717) is 12.1 Å². The van der Waals surface area contributed by atoms with Crippen LogP contribution in [-0.4, -0.2) is 6.04 Å². The highest BCUT2D eigenvalue weighted by atomic mass is 15.0. The van der Waals surface area contributed by atoms with E-state index < -0.39 is 0 Å². The van der Waals surface area contributed by atoms with E-state index in [1.165, 1.54) is 49.7 Å². The molecule has 3 atom stereocenters. The molecule has 1 N–H and O–H groups in total. The molecule has 1 fully saturated rings. The van der Waals surface area contributed by atoms with Crippen molar-refractivity contribution in [3.8, 4) is 0 Å². The normalized spacial score (nSPS) is 25.1. The van der Waals surface area contributed by atoms with Crippen LogP contribution in [0.3, 0.4) is 0 Å². The molecule has 1 heteroatoms. The highest BCUT2D eigenvalue weighted by Gasteiger charge is 2.22. The molecule has 2 rings (SSSR count). The minimum atomic E-state index is 0.520. The summed E-state index contributed by atoms with van der Waals surface area (Å²) in [6.45, 7) is 6.94. The summed E-state index contributed by atoms with van der Waals surface area (Å²) in [6, 6.07) is 10.4. The highest BCUT2D eigenvalue weighted by Crippen LogP contribution is 2.26. The third-order valence-electron chi connectivity index (χ3n) is 4.98. The molecular formula is C19H31N. The maximum atomic E-state index is 3.95. The maximum absolute atomic E-state index is 3.95. The fraction of sp³-hybridized carbons (Fsp3) is 0.684. The molecule has 1 aromatic carbocycles. The summed E-state index contributed by atoms with van der Waals surface area (Å²) >= 11 is 0. The summed E-state index contributed by atoms with van der Waals surface area (Å²) in [5.41, 5.74) is 2.90. The van der Waals surface area contributed by atoms with Gasteiger partial charge in [0.2, 0.25) is 0 Å². The molecule has 0 heterocycles. The Morgan fingerprint density at radius 2 is 1.75 bits per heavy atom. The zero-order chi connectivity index (χ0) is 14.4. The molecule has 112 valence electrons. The van der Waals surface area contributed by atoms with Gasteiger partial charge in [0.05, 0.1) is 0 Å². The van der Waals surface area contributed by atoms with Gasteiger partial charge in [0.1, 0.15) is 0 Å². The van der Waals surface area contributed by atoms with Crippen molar-refractivity contribution in [1.29, 1.82) is 0 Å². The van der Waals surface area contributed by atoms with Crippen LogP contribution in [0, 0.1) is 5.92 Å². The van der Waals surface area contributed by atoms with Crippen LogP contribution in [0.2, 0.25) is 0 Å². The molecule has 0 aliphatic heterocycles. The Bertz CT molecular complexity index is 381. The molecule has 0 spiro atoms. The van der Waals surface area contributed by atoms with Crippen molar-refractivity contribution in [3.05, 3.63) is 35.4 Å². The van der Waals surface area contributed by atoms with Crippen LogP contribution in [0.5, 0.6) is 0 Å². The molecule has 0 saturated heterocycles. The van der Waals surface area contributed by atoms with Crippen molar-refractivity contribution >= 4 is 0 Å². The highest BCUT2D eigenvalue weighted by molar-refractivity contribution is 5.25. The Balaban J connectivity index is 2.02. The Morgan fingerprint density at radius 3 is 2.40 bits per heavy atom. The minimum absolute atomic E-state index is 0.520. The van der Waals surface area contributed by atoms with Gasteiger partial charge in [0, 0.05) is 12.1 Å². The maximum Gasteiger partial charge on any atom is 0.0320 e. The van der Waals surface area contributed by atoms with Gasteiger partial charge in [-0.3, -0.25) is 0 Å². The van der Waals surface area contributed by atoms with Crippen LogP contribution in [0.15, 0.2) is 24.3 Å². The van der Waals surface area contributed by atoms with Gasteiger partial charge in [-0.25, -0.2) is 0 Å². The van der Waals surface area contributed by atoms with E-state index in [2.05, 4.69) is 50.4 Å².